The molecule has 136 valence electrons. The van der Waals surface area contributed by atoms with Gasteiger partial charge in [0.1, 0.15) is 16.7 Å². The van der Waals surface area contributed by atoms with E-state index in [-0.39, 0.29) is 5.75 Å². The molecular formula is C18H14F3NO3S. The van der Waals surface area contributed by atoms with E-state index in [1.807, 2.05) is 0 Å². The Balaban J connectivity index is 2.58. The molecule has 0 unspecified atom stereocenters. The molecule has 8 heteroatoms. The number of nitrogens with zero attached hydrogens (tertiary/aromatic N) is 1. The van der Waals surface area contributed by atoms with Crippen molar-refractivity contribution in [3.63, 3.8) is 0 Å². The molecule has 0 aromatic heterocycles. The van der Waals surface area contributed by atoms with Crippen LogP contribution in [0.4, 0.5) is 13.2 Å². The molecule has 26 heavy (non-hydrogen) atoms. The Morgan fingerprint density at radius 1 is 1.15 bits per heavy atom. The first-order valence-corrected chi connectivity index (χ1v) is 8.79. The van der Waals surface area contributed by atoms with Crippen molar-refractivity contribution in [2.75, 3.05) is 0 Å². The first-order valence-electron chi connectivity index (χ1n) is 7.31. The van der Waals surface area contributed by atoms with Gasteiger partial charge in [-0.05, 0) is 66.9 Å². The maximum Gasteiger partial charge on any atom is 0.416 e. The molecule has 0 amide bonds. The molecule has 0 heterocycles. The van der Waals surface area contributed by atoms with Crippen molar-refractivity contribution >= 4 is 15.9 Å². The molecule has 0 aliphatic rings. The quantitative estimate of drug-likeness (QED) is 0.801. The number of aromatic hydroxyl groups is 1. The molecule has 0 aliphatic heterocycles. The standard InChI is InChI=1S/C18H14F3NO3S/c1-11-6-13(7-12(2)17(11)23)8-16(10-22)26(24,25)15-5-3-4-14(9-15)18(19,20)21/h3-9,23H,1-2H3. The van der Waals surface area contributed by atoms with E-state index in [9.17, 15) is 32.0 Å². The van der Waals surface area contributed by atoms with Crippen LogP contribution < -0.4 is 0 Å². The fraction of sp³-hybridized carbons (Fsp3) is 0.167. The lowest BCUT2D eigenvalue weighted by atomic mass is 10.1. The number of aryl methyl sites for hydroxylation is 2. The monoisotopic (exact) mass is 381 g/mol. The number of allylic oxidation sites excluding steroid dienone is 1. The van der Waals surface area contributed by atoms with Gasteiger partial charge in [0.15, 0.2) is 0 Å². The summed E-state index contributed by atoms with van der Waals surface area (Å²) in [6.45, 7) is 3.21. The predicted octanol–water partition coefficient (Wildman–Crippen LogP) is 4.37. The summed E-state index contributed by atoms with van der Waals surface area (Å²) in [7, 11) is -4.43. The summed E-state index contributed by atoms with van der Waals surface area (Å²) in [5, 5.41) is 19.0. The SMILES string of the molecule is Cc1cc(C=C(C#N)S(=O)(=O)c2cccc(C(F)(F)F)c2)cc(C)c1O. The van der Waals surface area contributed by atoms with Crippen molar-refractivity contribution in [2.24, 2.45) is 0 Å². The number of hydrogen-bond donors (Lipinski definition) is 1. The van der Waals surface area contributed by atoms with Crippen LogP contribution in [0.25, 0.3) is 6.08 Å². The Kier molecular flexibility index (Phi) is 5.14. The van der Waals surface area contributed by atoms with E-state index < -0.39 is 31.4 Å². The highest BCUT2D eigenvalue weighted by Crippen LogP contribution is 2.32. The second kappa shape index (κ2) is 6.84. The van der Waals surface area contributed by atoms with Gasteiger partial charge in [0.05, 0.1) is 10.5 Å². The molecule has 4 nitrogen and oxygen atoms in total. The van der Waals surface area contributed by atoms with Crippen LogP contribution in [-0.2, 0) is 16.0 Å². The molecule has 0 bridgehead atoms. The first kappa shape index (κ1) is 19.5. The van der Waals surface area contributed by atoms with Crippen LogP contribution in [0.15, 0.2) is 46.2 Å². The first-order chi connectivity index (χ1) is 12.0. The number of halogens is 3. The van der Waals surface area contributed by atoms with Gasteiger partial charge in [-0.15, -0.1) is 0 Å². The Hall–Kier alpha value is -2.79. The Morgan fingerprint density at radius 2 is 1.73 bits per heavy atom. The van der Waals surface area contributed by atoms with E-state index in [4.69, 9.17) is 0 Å². The number of phenolic OH excluding ortho intramolecular Hbond substituents is 1. The minimum absolute atomic E-state index is 0.0430. The molecule has 0 atom stereocenters. The van der Waals surface area contributed by atoms with Gasteiger partial charge in [-0.25, -0.2) is 8.42 Å². The lowest BCUT2D eigenvalue weighted by Gasteiger charge is -2.09. The average Bonchev–Trinajstić information content (AvgIpc) is 2.56. The lowest BCUT2D eigenvalue weighted by molar-refractivity contribution is -0.137. The zero-order valence-corrected chi connectivity index (χ0v) is 14.6. The molecular weight excluding hydrogens is 367 g/mol. The van der Waals surface area contributed by atoms with Crippen LogP contribution in [0.5, 0.6) is 5.75 Å². The Morgan fingerprint density at radius 3 is 2.23 bits per heavy atom. The minimum atomic E-state index is -4.70. The number of sulfone groups is 1. The summed E-state index contributed by atoms with van der Waals surface area (Å²) >= 11 is 0. The molecule has 2 rings (SSSR count). The highest BCUT2D eigenvalue weighted by Gasteiger charge is 2.32. The molecule has 0 fully saturated rings. The summed E-state index contributed by atoms with van der Waals surface area (Å²) in [4.78, 5) is -1.31. The van der Waals surface area contributed by atoms with Crippen LogP contribution in [0.2, 0.25) is 0 Å². The van der Waals surface area contributed by atoms with E-state index >= 15 is 0 Å². The number of rotatable bonds is 3. The van der Waals surface area contributed by atoms with Crippen molar-refractivity contribution < 1.29 is 26.7 Å². The molecule has 0 saturated heterocycles. The second-order valence-electron chi connectivity index (χ2n) is 5.65. The van der Waals surface area contributed by atoms with E-state index in [1.54, 1.807) is 13.8 Å². The van der Waals surface area contributed by atoms with Crippen LogP contribution in [0.1, 0.15) is 22.3 Å². The van der Waals surface area contributed by atoms with Crippen molar-refractivity contribution in [3.8, 4) is 11.8 Å². The Bertz CT molecular complexity index is 1010. The molecule has 2 aromatic carbocycles. The fourth-order valence-corrected chi connectivity index (χ4v) is 3.57. The van der Waals surface area contributed by atoms with Crippen LogP contribution >= 0.6 is 0 Å². The maximum atomic E-state index is 12.8. The van der Waals surface area contributed by atoms with Gasteiger partial charge >= 0.3 is 6.18 Å². The largest absolute Gasteiger partial charge is 0.507 e. The Labute approximate surface area is 148 Å². The summed E-state index contributed by atoms with van der Waals surface area (Å²) in [6.07, 6.45) is -3.64. The van der Waals surface area contributed by atoms with E-state index in [2.05, 4.69) is 0 Å². The van der Waals surface area contributed by atoms with Crippen LogP contribution in [0, 0.1) is 25.2 Å². The minimum Gasteiger partial charge on any atom is -0.507 e. The van der Waals surface area contributed by atoms with Gasteiger partial charge in [-0.1, -0.05) is 6.07 Å². The summed E-state index contributed by atoms with van der Waals surface area (Å²) in [5.74, 6) is 0.0430. The maximum absolute atomic E-state index is 12.8. The zero-order chi connectivity index (χ0) is 19.7. The van der Waals surface area contributed by atoms with Crippen LogP contribution in [-0.4, -0.2) is 13.5 Å². The van der Waals surface area contributed by atoms with Gasteiger partial charge in [-0.2, -0.15) is 18.4 Å². The molecule has 1 N–H and O–H groups in total. The molecule has 0 spiro atoms. The number of alkyl halides is 3. The highest BCUT2D eigenvalue weighted by molar-refractivity contribution is 7.95. The van der Waals surface area contributed by atoms with Gasteiger partial charge in [-0.3, -0.25) is 0 Å². The number of nitriles is 1. The van der Waals surface area contributed by atoms with Gasteiger partial charge in [0.25, 0.3) is 0 Å². The van der Waals surface area contributed by atoms with Gasteiger partial charge in [0.2, 0.25) is 9.84 Å². The van der Waals surface area contributed by atoms with Crippen molar-refractivity contribution in [1.82, 2.24) is 0 Å². The molecule has 0 aliphatic carbocycles. The van der Waals surface area contributed by atoms with E-state index in [0.717, 1.165) is 24.3 Å². The third-order valence-corrected chi connectivity index (χ3v) is 5.35. The predicted molar refractivity (Wildman–Crippen MR) is 89.8 cm³/mol. The van der Waals surface area contributed by atoms with E-state index in [0.29, 0.717) is 22.8 Å². The number of phenols is 1. The van der Waals surface area contributed by atoms with E-state index in [1.165, 1.54) is 18.2 Å². The topological polar surface area (TPSA) is 78.2 Å². The smallest absolute Gasteiger partial charge is 0.416 e. The molecule has 0 saturated carbocycles. The summed E-state index contributed by atoms with van der Waals surface area (Å²) < 4.78 is 63.6. The van der Waals surface area contributed by atoms with Crippen molar-refractivity contribution in [2.45, 2.75) is 24.9 Å². The lowest BCUT2D eigenvalue weighted by Crippen LogP contribution is -2.08. The highest BCUT2D eigenvalue weighted by atomic mass is 32.2. The zero-order valence-electron chi connectivity index (χ0n) is 13.8. The fourth-order valence-electron chi connectivity index (χ4n) is 2.36. The van der Waals surface area contributed by atoms with Gasteiger partial charge in [0, 0.05) is 0 Å². The number of hydrogen-bond acceptors (Lipinski definition) is 4. The van der Waals surface area contributed by atoms with Crippen molar-refractivity contribution in [3.05, 3.63) is 63.6 Å². The van der Waals surface area contributed by atoms with Crippen LogP contribution in [0.3, 0.4) is 0 Å². The average molecular weight is 381 g/mol. The second-order valence-corrected chi connectivity index (χ2v) is 7.57. The third-order valence-electron chi connectivity index (χ3n) is 3.68. The van der Waals surface area contributed by atoms with Gasteiger partial charge < -0.3 is 5.11 Å². The third kappa shape index (κ3) is 3.89. The number of benzene rings is 2. The summed E-state index contributed by atoms with van der Waals surface area (Å²) in [6, 6.07) is 7.70. The molecule has 0 radical (unpaired) electrons. The van der Waals surface area contributed by atoms with Crippen molar-refractivity contribution in [1.29, 1.82) is 5.26 Å². The normalized spacial score (nSPS) is 12.7. The summed E-state index contributed by atoms with van der Waals surface area (Å²) in [5.41, 5.74) is 0.173. The molecule has 2 aromatic rings.